The Kier molecular flexibility index (Phi) is 3.75. The molecule has 0 radical (unpaired) electrons. The van der Waals surface area contributed by atoms with Crippen LogP contribution < -0.4 is 4.90 Å². The van der Waals surface area contributed by atoms with E-state index in [4.69, 9.17) is 0 Å². The maximum atomic E-state index is 12.6. The minimum atomic E-state index is -1.09. The highest BCUT2D eigenvalue weighted by atomic mass is 16.3. The average Bonchev–Trinajstić information content (AvgIpc) is 2.72. The molecule has 1 saturated heterocycles. The van der Waals surface area contributed by atoms with Gasteiger partial charge < -0.3 is 5.11 Å². The van der Waals surface area contributed by atoms with Crippen molar-refractivity contribution in [2.75, 3.05) is 11.4 Å². The van der Waals surface area contributed by atoms with Crippen molar-refractivity contribution in [2.45, 2.75) is 52.1 Å². The van der Waals surface area contributed by atoms with Gasteiger partial charge in [0.1, 0.15) is 5.60 Å². The second-order valence-electron chi connectivity index (χ2n) is 7.52. The third-order valence-corrected chi connectivity index (χ3v) is 5.01. The lowest BCUT2D eigenvalue weighted by atomic mass is 9.69. The molecule has 6 nitrogen and oxygen atoms in total. The van der Waals surface area contributed by atoms with Crippen LogP contribution in [0.1, 0.15) is 52.1 Å². The third kappa shape index (κ3) is 2.76. The standard InChI is InChI=1S/C17H23N3O3/c1-11-5-4-6-17(7-11)10-20(15(22)14(17)21)13-9-18-12(8-19-13)16(2,3)23/h8-9,11,23H,4-7,10H2,1-3H3. The summed E-state index contributed by atoms with van der Waals surface area (Å²) in [6, 6.07) is 0. The molecule has 0 aromatic carbocycles. The van der Waals surface area contributed by atoms with Gasteiger partial charge in [-0.05, 0) is 32.6 Å². The molecule has 1 aromatic heterocycles. The zero-order valence-corrected chi connectivity index (χ0v) is 13.9. The maximum absolute atomic E-state index is 12.6. The Morgan fingerprint density at radius 2 is 2.04 bits per heavy atom. The van der Waals surface area contributed by atoms with Crippen LogP contribution in [0.4, 0.5) is 5.82 Å². The quantitative estimate of drug-likeness (QED) is 0.841. The van der Waals surface area contributed by atoms with Crippen LogP contribution in [0.3, 0.4) is 0 Å². The Balaban J connectivity index is 1.87. The number of Topliss-reactive ketones (excluding diaryl/α,β-unsaturated/α-hetero) is 1. The van der Waals surface area contributed by atoms with Crippen LogP contribution in [0.25, 0.3) is 0 Å². The Morgan fingerprint density at radius 1 is 1.30 bits per heavy atom. The molecule has 1 saturated carbocycles. The predicted octanol–water partition coefficient (Wildman–Crippen LogP) is 1.82. The van der Waals surface area contributed by atoms with E-state index in [1.54, 1.807) is 13.8 Å². The number of carbonyl (C=O) groups excluding carboxylic acids is 2. The van der Waals surface area contributed by atoms with E-state index < -0.39 is 16.9 Å². The van der Waals surface area contributed by atoms with Crippen molar-refractivity contribution in [1.82, 2.24) is 9.97 Å². The molecule has 1 aliphatic heterocycles. The molecule has 0 bridgehead atoms. The molecule has 6 heteroatoms. The molecule has 2 fully saturated rings. The minimum Gasteiger partial charge on any atom is -0.384 e. The predicted molar refractivity (Wildman–Crippen MR) is 84.7 cm³/mol. The Morgan fingerprint density at radius 3 is 2.61 bits per heavy atom. The summed E-state index contributed by atoms with van der Waals surface area (Å²) in [5.41, 5.74) is -1.21. The van der Waals surface area contributed by atoms with E-state index in [2.05, 4.69) is 16.9 Å². The molecule has 3 rings (SSSR count). The molecule has 1 aromatic rings. The average molecular weight is 317 g/mol. The first-order valence-corrected chi connectivity index (χ1v) is 8.14. The summed E-state index contributed by atoms with van der Waals surface area (Å²) in [4.78, 5) is 34.9. The Labute approximate surface area is 135 Å². The lowest BCUT2D eigenvalue weighted by Gasteiger charge is -2.34. The van der Waals surface area contributed by atoms with Gasteiger partial charge in [-0.3, -0.25) is 19.5 Å². The summed E-state index contributed by atoms with van der Waals surface area (Å²) in [5.74, 6) is 0.0809. The van der Waals surface area contributed by atoms with E-state index >= 15 is 0 Å². The van der Waals surface area contributed by atoms with E-state index in [0.717, 1.165) is 25.7 Å². The van der Waals surface area contributed by atoms with Gasteiger partial charge in [0.25, 0.3) is 5.91 Å². The largest absolute Gasteiger partial charge is 0.384 e. The Bertz CT molecular complexity index is 635. The highest BCUT2D eigenvalue weighted by molar-refractivity contribution is 6.45. The lowest BCUT2D eigenvalue weighted by Crippen LogP contribution is -2.36. The summed E-state index contributed by atoms with van der Waals surface area (Å²) in [6.07, 6.45) is 6.56. The van der Waals surface area contributed by atoms with Crippen LogP contribution >= 0.6 is 0 Å². The van der Waals surface area contributed by atoms with Gasteiger partial charge in [0.05, 0.1) is 23.5 Å². The number of hydrogen-bond donors (Lipinski definition) is 1. The number of rotatable bonds is 2. The second-order valence-corrected chi connectivity index (χ2v) is 7.52. The molecular weight excluding hydrogens is 294 g/mol. The SMILES string of the molecule is CC1CCCC2(C1)CN(c1cnc(C(C)(C)O)cn1)C(=O)C2=O. The monoisotopic (exact) mass is 317 g/mol. The topological polar surface area (TPSA) is 83.4 Å². The van der Waals surface area contributed by atoms with Crippen molar-refractivity contribution in [3.8, 4) is 0 Å². The van der Waals surface area contributed by atoms with Crippen molar-refractivity contribution in [3.63, 3.8) is 0 Å². The zero-order chi connectivity index (χ0) is 16.8. The van der Waals surface area contributed by atoms with E-state index in [1.165, 1.54) is 17.3 Å². The minimum absolute atomic E-state index is 0.280. The fraction of sp³-hybridized carbons (Fsp3) is 0.647. The van der Waals surface area contributed by atoms with Crippen molar-refractivity contribution in [2.24, 2.45) is 11.3 Å². The summed E-state index contributed by atoms with van der Waals surface area (Å²) in [6.45, 7) is 5.78. The smallest absolute Gasteiger partial charge is 0.296 e. The third-order valence-electron chi connectivity index (χ3n) is 5.01. The molecule has 2 atom stereocenters. The lowest BCUT2D eigenvalue weighted by molar-refractivity contribution is -0.139. The fourth-order valence-corrected chi connectivity index (χ4v) is 3.77. The van der Waals surface area contributed by atoms with Gasteiger partial charge in [0.2, 0.25) is 5.78 Å². The molecule has 2 aliphatic rings. The van der Waals surface area contributed by atoms with Gasteiger partial charge in [0, 0.05) is 6.54 Å². The molecule has 2 heterocycles. The number of amides is 1. The van der Waals surface area contributed by atoms with Crippen molar-refractivity contribution in [1.29, 1.82) is 0 Å². The van der Waals surface area contributed by atoms with Crippen LogP contribution in [-0.2, 0) is 15.2 Å². The first-order chi connectivity index (χ1) is 10.7. The molecular formula is C17H23N3O3. The fourth-order valence-electron chi connectivity index (χ4n) is 3.77. The summed E-state index contributed by atoms with van der Waals surface area (Å²) in [7, 11) is 0. The van der Waals surface area contributed by atoms with Crippen LogP contribution in [0.2, 0.25) is 0 Å². The van der Waals surface area contributed by atoms with E-state index in [1.807, 2.05) is 0 Å². The molecule has 1 amide bonds. The zero-order valence-electron chi connectivity index (χ0n) is 13.9. The van der Waals surface area contributed by atoms with Crippen molar-refractivity contribution in [3.05, 3.63) is 18.1 Å². The number of hydrogen-bond acceptors (Lipinski definition) is 5. The van der Waals surface area contributed by atoms with Crippen molar-refractivity contribution >= 4 is 17.5 Å². The summed E-state index contributed by atoms with van der Waals surface area (Å²) in [5, 5.41) is 9.93. The number of ketones is 1. The molecule has 1 N–H and O–H groups in total. The van der Waals surface area contributed by atoms with E-state index in [9.17, 15) is 14.7 Å². The Hall–Kier alpha value is -1.82. The van der Waals surface area contributed by atoms with Gasteiger partial charge >= 0.3 is 0 Å². The molecule has 23 heavy (non-hydrogen) atoms. The van der Waals surface area contributed by atoms with Crippen LogP contribution in [0.5, 0.6) is 0 Å². The molecule has 1 aliphatic carbocycles. The van der Waals surface area contributed by atoms with Gasteiger partial charge in [-0.1, -0.05) is 19.8 Å². The highest BCUT2D eigenvalue weighted by Crippen LogP contribution is 2.45. The van der Waals surface area contributed by atoms with Crippen LogP contribution in [0, 0.1) is 11.3 Å². The van der Waals surface area contributed by atoms with Gasteiger partial charge in [-0.25, -0.2) is 4.98 Å². The van der Waals surface area contributed by atoms with Crippen LogP contribution in [-0.4, -0.2) is 33.3 Å². The molecule has 2 unspecified atom stereocenters. The van der Waals surface area contributed by atoms with Gasteiger partial charge in [-0.2, -0.15) is 0 Å². The van der Waals surface area contributed by atoms with Gasteiger partial charge in [0.15, 0.2) is 5.82 Å². The normalized spacial score (nSPS) is 28.7. The summed E-state index contributed by atoms with van der Waals surface area (Å²) >= 11 is 0. The van der Waals surface area contributed by atoms with Crippen LogP contribution in [0.15, 0.2) is 12.4 Å². The number of carbonyl (C=O) groups is 2. The number of nitrogens with zero attached hydrogens (tertiary/aromatic N) is 3. The van der Waals surface area contributed by atoms with Gasteiger partial charge in [-0.15, -0.1) is 0 Å². The van der Waals surface area contributed by atoms with E-state index in [-0.39, 0.29) is 5.78 Å². The first kappa shape index (κ1) is 16.1. The van der Waals surface area contributed by atoms with Crippen molar-refractivity contribution < 1.29 is 14.7 Å². The number of anilines is 1. The maximum Gasteiger partial charge on any atom is 0.296 e. The molecule has 124 valence electrons. The second kappa shape index (κ2) is 5.37. The molecule has 1 spiro atoms. The van der Waals surface area contributed by atoms with E-state index in [0.29, 0.717) is 24.0 Å². The number of aromatic nitrogens is 2. The summed E-state index contributed by atoms with van der Waals surface area (Å²) < 4.78 is 0. The number of aliphatic hydroxyl groups is 1. The first-order valence-electron chi connectivity index (χ1n) is 8.14. The highest BCUT2D eigenvalue weighted by Gasteiger charge is 2.53.